The molecule has 2 heterocycles. The van der Waals surface area contributed by atoms with Gasteiger partial charge >= 0.3 is 5.69 Å². The van der Waals surface area contributed by atoms with Gasteiger partial charge in [0.05, 0.1) is 17.4 Å². The van der Waals surface area contributed by atoms with Crippen LogP contribution in [0.4, 0.5) is 0 Å². The van der Waals surface area contributed by atoms with E-state index >= 15 is 0 Å². The third-order valence-electron chi connectivity index (χ3n) is 6.42. The number of benzene rings is 2. The van der Waals surface area contributed by atoms with E-state index in [0.717, 1.165) is 31.2 Å². The molecule has 0 spiro atoms. The second-order valence-corrected chi connectivity index (χ2v) is 9.60. The summed E-state index contributed by atoms with van der Waals surface area (Å²) in [6, 6.07) is 12.1. The molecular formula is C25H26ClN5O3. The smallest absolute Gasteiger partial charge is 0.349 e. The van der Waals surface area contributed by atoms with Crippen molar-refractivity contribution in [1.29, 1.82) is 0 Å². The molecule has 1 aliphatic rings. The molecule has 0 atom stereocenters. The fraction of sp³-hybridized carbons (Fsp3) is 0.360. The highest BCUT2D eigenvalue weighted by Gasteiger charge is 2.22. The molecule has 5 rings (SSSR count). The zero-order valence-corrected chi connectivity index (χ0v) is 19.9. The van der Waals surface area contributed by atoms with E-state index < -0.39 is 0 Å². The summed E-state index contributed by atoms with van der Waals surface area (Å²) in [6.07, 6.45) is 4.16. The van der Waals surface area contributed by atoms with Gasteiger partial charge in [0.15, 0.2) is 0 Å². The lowest BCUT2D eigenvalue weighted by Crippen LogP contribution is -2.33. The minimum Gasteiger partial charge on any atom is -0.349 e. The first-order chi connectivity index (χ1) is 16.3. The van der Waals surface area contributed by atoms with E-state index in [4.69, 9.17) is 11.6 Å². The summed E-state index contributed by atoms with van der Waals surface area (Å²) in [6.45, 7) is 3.95. The van der Waals surface area contributed by atoms with E-state index in [1.54, 1.807) is 30.3 Å². The van der Waals surface area contributed by atoms with Crippen LogP contribution in [0.5, 0.6) is 0 Å². The second kappa shape index (κ2) is 8.76. The molecule has 176 valence electrons. The van der Waals surface area contributed by atoms with Crippen molar-refractivity contribution in [2.24, 2.45) is 0 Å². The molecule has 1 aliphatic carbocycles. The molecule has 0 saturated heterocycles. The predicted molar refractivity (Wildman–Crippen MR) is 132 cm³/mol. The van der Waals surface area contributed by atoms with Gasteiger partial charge in [-0.3, -0.25) is 14.2 Å². The van der Waals surface area contributed by atoms with E-state index in [0.29, 0.717) is 21.5 Å². The summed E-state index contributed by atoms with van der Waals surface area (Å²) in [5.74, 6) is 0.0437. The zero-order valence-electron chi connectivity index (χ0n) is 19.1. The minimum absolute atomic E-state index is 0.167. The van der Waals surface area contributed by atoms with Crippen molar-refractivity contribution >= 4 is 34.2 Å². The van der Waals surface area contributed by atoms with Crippen LogP contribution in [0.2, 0.25) is 5.02 Å². The van der Waals surface area contributed by atoms with Crippen LogP contribution in [0.3, 0.4) is 0 Å². The average molecular weight is 480 g/mol. The third kappa shape index (κ3) is 3.92. The van der Waals surface area contributed by atoms with Gasteiger partial charge in [-0.15, -0.1) is 5.10 Å². The Bertz CT molecular complexity index is 1530. The maximum atomic E-state index is 13.5. The first-order valence-corrected chi connectivity index (χ1v) is 11.9. The lowest BCUT2D eigenvalue weighted by molar-refractivity contribution is 0.0938. The van der Waals surface area contributed by atoms with Crippen molar-refractivity contribution in [1.82, 2.24) is 24.1 Å². The van der Waals surface area contributed by atoms with E-state index in [-0.39, 0.29) is 41.6 Å². The van der Waals surface area contributed by atoms with Gasteiger partial charge in [-0.1, -0.05) is 36.6 Å². The number of aromatic nitrogens is 4. The molecule has 2 aromatic heterocycles. The van der Waals surface area contributed by atoms with Gasteiger partial charge in [0.2, 0.25) is 5.78 Å². The Morgan fingerprint density at radius 2 is 1.91 bits per heavy atom. The summed E-state index contributed by atoms with van der Waals surface area (Å²) in [4.78, 5) is 39.7. The third-order valence-corrected chi connectivity index (χ3v) is 6.65. The van der Waals surface area contributed by atoms with Crippen molar-refractivity contribution in [3.8, 4) is 0 Å². The number of nitrogens with zero attached hydrogens (tertiary/aromatic N) is 4. The standard InChI is InChI=1S/C25H26ClN5O3/c1-15(2)30-23(33)20-11-10-17(22(32)27-19-8-3-4-9-19)13-21(20)31-24(30)28-29(25(31)34)14-16-6-5-7-18(26)12-16/h5-7,10-13,15,19H,3-4,8-9,14H2,1-2H3,(H,27,32). The van der Waals surface area contributed by atoms with E-state index in [1.165, 1.54) is 13.6 Å². The number of halogens is 1. The largest absolute Gasteiger partial charge is 0.352 e. The fourth-order valence-electron chi connectivity index (χ4n) is 4.74. The molecule has 1 N–H and O–H groups in total. The van der Waals surface area contributed by atoms with Crippen LogP contribution in [-0.4, -0.2) is 30.7 Å². The molecule has 0 bridgehead atoms. The Labute approximate surface area is 200 Å². The first-order valence-electron chi connectivity index (χ1n) is 11.6. The highest BCUT2D eigenvalue weighted by molar-refractivity contribution is 6.30. The van der Waals surface area contributed by atoms with Crippen molar-refractivity contribution < 1.29 is 4.79 Å². The predicted octanol–water partition coefficient (Wildman–Crippen LogP) is 3.77. The monoisotopic (exact) mass is 479 g/mol. The SMILES string of the molecule is CC(C)n1c(=O)c2ccc(C(=O)NC3CCCC3)cc2n2c(=O)n(Cc3cccc(Cl)c3)nc12. The molecule has 9 heteroatoms. The van der Waals surface area contributed by atoms with Crippen LogP contribution >= 0.6 is 11.6 Å². The van der Waals surface area contributed by atoms with Crippen molar-refractivity contribution in [3.63, 3.8) is 0 Å². The summed E-state index contributed by atoms with van der Waals surface area (Å²) < 4.78 is 4.26. The van der Waals surface area contributed by atoms with Gasteiger partial charge in [-0.2, -0.15) is 0 Å². The number of fused-ring (bicyclic) bond motifs is 3. The van der Waals surface area contributed by atoms with Crippen LogP contribution in [0, 0.1) is 0 Å². The highest BCUT2D eigenvalue weighted by Crippen LogP contribution is 2.20. The van der Waals surface area contributed by atoms with E-state index in [1.807, 2.05) is 26.0 Å². The molecule has 0 radical (unpaired) electrons. The molecule has 4 aromatic rings. The molecule has 34 heavy (non-hydrogen) atoms. The minimum atomic E-state index is -0.386. The summed E-state index contributed by atoms with van der Waals surface area (Å²) >= 11 is 6.11. The van der Waals surface area contributed by atoms with Crippen molar-refractivity contribution in [2.75, 3.05) is 0 Å². The topological polar surface area (TPSA) is 90.4 Å². The summed E-state index contributed by atoms with van der Waals surface area (Å²) in [5.41, 5.74) is 0.968. The van der Waals surface area contributed by atoms with Gasteiger partial charge in [0.1, 0.15) is 0 Å². The molecule has 1 saturated carbocycles. The Morgan fingerprint density at radius 3 is 2.62 bits per heavy atom. The molecule has 1 amide bonds. The quantitative estimate of drug-likeness (QED) is 0.472. The lowest BCUT2D eigenvalue weighted by Gasteiger charge is -2.14. The Kier molecular flexibility index (Phi) is 5.77. The van der Waals surface area contributed by atoms with Crippen LogP contribution in [0.15, 0.2) is 52.1 Å². The van der Waals surface area contributed by atoms with Gasteiger partial charge < -0.3 is 5.32 Å². The molecule has 8 nitrogen and oxygen atoms in total. The highest BCUT2D eigenvalue weighted by atomic mass is 35.5. The number of amides is 1. The van der Waals surface area contributed by atoms with E-state index in [2.05, 4.69) is 10.4 Å². The number of nitrogens with one attached hydrogen (secondary N) is 1. The van der Waals surface area contributed by atoms with Crippen LogP contribution < -0.4 is 16.6 Å². The lowest BCUT2D eigenvalue weighted by atomic mass is 10.1. The maximum absolute atomic E-state index is 13.5. The van der Waals surface area contributed by atoms with Crippen LogP contribution in [0.1, 0.15) is 61.5 Å². The van der Waals surface area contributed by atoms with Gasteiger partial charge in [0.25, 0.3) is 11.5 Å². The van der Waals surface area contributed by atoms with Crippen LogP contribution in [0.25, 0.3) is 16.7 Å². The molecule has 1 fully saturated rings. The molecule has 0 unspecified atom stereocenters. The summed E-state index contributed by atoms with van der Waals surface area (Å²) in [7, 11) is 0. The number of hydrogen-bond donors (Lipinski definition) is 1. The number of rotatable bonds is 5. The Hall–Kier alpha value is -3.39. The molecular weight excluding hydrogens is 454 g/mol. The Balaban J connectivity index is 1.69. The van der Waals surface area contributed by atoms with Gasteiger partial charge in [0, 0.05) is 22.7 Å². The first kappa shape index (κ1) is 22.4. The second-order valence-electron chi connectivity index (χ2n) is 9.16. The van der Waals surface area contributed by atoms with Crippen molar-refractivity contribution in [3.05, 3.63) is 79.5 Å². The molecule has 0 aliphatic heterocycles. The van der Waals surface area contributed by atoms with Gasteiger partial charge in [-0.05, 0) is 62.6 Å². The maximum Gasteiger partial charge on any atom is 0.352 e. The molecule has 2 aromatic carbocycles. The van der Waals surface area contributed by atoms with Gasteiger partial charge in [-0.25, -0.2) is 13.9 Å². The number of carbonyl (C=O) groups is 1. The van der Waals surface area contributed by atoms with Crippen molar-refractivity contribution in [2.45, 2.75) is 58.2 Å². The fourth-order valence-corrected chi connectivity index (χ4v) is 4.95. The van der Waals surface area contributed by atoms with E-state index in [9.17, 15) is 14.4 Å². The number of carbonyl (C=O) groups excluding carboxylic acids is 1. The van der Waals surface area contributed by atoms with Crippen LogP contribution in [-0.2, 0) is 6.54 Å². The number of hydrogen-bond acceptors (Lipinski definition) is 4. The Morgan fingerprint density at radius 1 is 1.15 bits per heavy atom. The average Bonchev–Trinajstić information content (AvgIpc) is 3.41. The zero-order chi connectivity index (χ0) is 24.0. The summed E-state index contributed by atoms with van der Waals surface area (Å²) in [5, 5.41) is 8.51. The normalized spacial score (nSPS) is 14.5.